The normalized spacial score (nSPS) is 18.2. The van der Waals surface area contributed by atoms with E-state index in [0.29, 0.717) is 42.3 Å². The van der Waals surface area contributed by atoms with Crippen LogP contribution in [-0.4, -0.2) is 35.3 Å². The van der Waals surface area contributed by atoms with Crippen molar-refractivity contribution in [2.24, 2.45) is 0 Å². The Morgan fingerprint density at radius 1 is 1.07 bits per heavy atom. The molecule has 0 bridgehead atoms. The molecule has 1 amide bonds. The molecule has 2 heterocycles. The van der Waals surface area contributed by atoms with Crippen molar-refractivity contribution in [3.8, 4) is 5.75 Å². The zero-order valence-corrected chi connectivity index (χ0v) is 17.1. The van der Waals surface area contributed by atoms with Gasteiger partial charge in [-0.15, -0.1) is 0 Å². The number of nitrogens with zero attached hydrogens (tertiary/aromatic N) is 1. The Morgan fingerprint density at radius 2 is 1.70 bits per heavy atom. The maximum absolute atomic E-state index is 12.7. The minimum atomic E-state index is -4.45. The minimum Gasteiger partial charge on any atom is -0.484 e. The largest absolute Gasteiger partial charge is 0.484 e. The molecule has 30 heavy (non-hydrogen) atoms. The highest BCUT2D eigenvalue weighted by Crippen LogP contribution is 2.44. The lowest BCUT2D eigenvalue weighted by Gasteiger charge is -2.44. The van der Waals surface area contributed by atoms with Gasteiger partial charge in [0.2, 0.25) is 0 Å². The van der Waals surface area contributed by atoms with E-state index in [1.165, 1.54) is 24.3 Å². The van der Waals surface area contributed by atoms with Gasteiger partial charge in [0.1, 0.15) is 11.4 Å². The smallest absolute Gasteiger partial charge is 0.416 e. The van der Waals surface area contributed by atoms with Crippen LogP contribution in [0.4, 0.5) is 13.2 Å². The summed E-state index contributed by atoms with van der Waals surface area (Å²) in [5.74, 6) is -0.172. The van der Waals surface area contributed by atoms with Gasteiger partial charge in [-0.1, -0.05) is 23.2 Å². The zero-order valence-electron chi connectivity index (χ0n) is 15.6. The van der Waals surface area contributed by atoms with Crippen molar-refractivity contribution in [1.29, 1.82) is 0 Å². The summed E-state index contributed by atoms with van der Waals surface area (Å²) in [4.78, 5) is 26.9. The number of rotatable bonds is 1. The first kappa shape index (κ1) is 21.0. The molecule has 4 rings (SSSR count). The van der Waals surface area contributed by atoms with Gasteiger partial charge in [0, 0.05) is 36.5 Å². The molecule has 0 N–H and O–H groups in total. The molecule has 2 aromatic carbocycles. The number of ether oxygens (including phenoxy) is 1. The van der Waals surface area contributed by atoms with Gasteiger partial charge >= 0.3 is 6.18 Å². The second kappa shape index (κ2) is 7.46. The summed E-state index contributed by atoms with van der Waals surface area (Å²) in [7, 11) is 0. The summed E-state index contributed by atoms with van der Waals surface area (Å²) in [6.45, 7) is 0.626. The minimum absolute atomic E-state index is 0.122. The molecule has 2 aliphatic heterocycles. The summed E-state index contributed by atoms with van der Waals surface area (Å²) in [5.41, 5.74) is -1.04. The quantitative estimate of drug-likeness (QED) is 0.555. The lowest BCUT2D eigenvalue weighted by Crippen LogP contribution is -2.52. The molecule has 9 heteroatoms. The summed E-state index contributed by atoms with van der Waals surface area (Å²) in [6, 6.07) is 7.18. The van der Waals surface area contributed by atoms with E-state index in [0.717, 1.165) is 12.1 Å². The van der Waals surface area contributed by atoms with E-state index in [1.807, 2.05) is 0 Å². The van der Waals surface area contributed by atoms with Crippen LogP contribution in [0.25, 0.3) is 0 Å². The third kappa shape index (κ3) is 3.88. The lowest BCUT2D eigenvalue weighted by atomic mass is 9.82. The third-order valence-corrected chi connectivity index (χ3v) is 6.03. The van der Waals surface area contributed by atoms with Crippen molar-refractivity contribution in [2.45, 2.75) is 31.0 Å². The molecule has 2 aromatic rings. The van der Waals surface area contributed by atoms with Gasteiger partial charge in [-0.25, -0.2) is 0 Å². The van der Waals surface area contributed by atoms with Crippen LogP contribution in [-0.2, 0) is 6.18 Å². The highest BCUT2D eigenvalue weighted by atomic mass is 35.5. The molecule has 0 radical (unpaired) electrons. The third-order valence-electron chi connectivity index (χ3n) is 5.53. The van der Waals surface area contributed by atoms with E-state index < -0.39 is 17.3 Å². The van der Waals surface area contributed by atoms with Crippen LogP contribution in [0.1, 0.15) is 45.5 Å². The van der Waals surface area contributed by atoms with Gasteiger partial charge in [0.15, 0.2) is 5.78 Å². The molecule has 0 atom stereocenters. The van der Waals surface area contributed by atoms with Gasteiger partial charge < -0.3 is 9.64 Å². The van der Waals surface area contributed by atoms with Crippen LogP contribution in [0.15, 0.2) is 36.4 Å². The van der Waals surface area contributed by atoms with Crippen molar-refractivity contribution < 1.29 is 27.5 Å². The Kier molecular flexibility index (Phi) is 5.22. The maximum Gasteiger partial charge on any atom is 0.416 e. The first-order valence-electron chi connectivity index (χ1n) is 9.26. The first-order valence-corrected chi connectivity index (χ1v) is 10.0. The molecule has 0 saturated carbocycles. The fraction of sp³-hybridized carbons (Fsp3) is 0.333. The van der Waals surface area contributed by atoms with Crippen LogP contribution < -0.4 is 4.74 Å². The van der Waals surface area contributed by atoms with Crippen molar-refractivity contribution in [2.75, 3.05) is 13.1 Å². The number of likely N-dealkylation sites (tertiary alicyclic amines) is 1. The maximum atomic E-state index is 12.7. The van der Waals surface area contributed by atoms with Gasteiger partial charge in [0.25, 0.3) is 5.91 Å². The average Bonchev–Trinajstić information content (AvgIpc) is 2.69. The Labute approximate surface area is 180 Å². The molecular weight excluding hydrogens is 442 g/mol. The topological polar surface area (TPSA) is 46.6 Å². The monoisotopic (exact) mass is 457 g/mol. The number of Topliss-reactive ketones (excluding diaryl/α,β-unsaturated/α-hetero) is 1. The number of carbonyl (C=O) groups excluding carboxylic acids is 2. The summed E-state index contributed by atoms with van der Waals surface area (Å²) >= 11 is 12.2. The highest BCUT2D eigenvalue weighted by molar-refractivity contribution is 6.36. The average molecular weight is 458 g/mol. The van der Waals surface area contributed by atoms with E-state index in [4.69, 9.17) is 27.9 Å². The number of fused-ring (bicyclic) bond motifs is 1. The summed E-state index contributed by atoms with van der Waals surface area (Å²) < 4.78 is 44.3. The van der Waals surface area contributed by atoms with Gasteiger partial charge in [-0.2, -0.15) is 13.2 Å². The van der Waals surface area contributed by atoms with Crippen LogP contribution in [0.2, 0.25) is 10.0 Å². The zero-order chi connectivity index (χ0) is 21.7. The number of carbonyl (C=O) groups is 2. The van der Waals surface area contributed by atoms with Crippen molar-refractivity contribution in [3.05, 3.63) is 63.1 Å². The van der Waals surface area contributed by atoms with Gasteiger partial charge in [-0.05, 0) is 36.4 Å². The molecule has 0 aliphatic carbocycles. The lowest BCUT2D eigenvalue weighted by molar-refractivity contribution is -0.137. The Morgan fingerprint density at radius 3 is 2.30 bits per heavy atom. The van der Waals surface area contributed by atoms with Gasteiger partial charge in [-0.3, -0.25) is 9.59 Å². The van der Waals surface area contributed by atoms with Crippen molar-refractivity contribution in [3.63, 3.8) is 0 Å². The van der Waals surface area contributed by atoms with E-state index in [1.54, 1.807) is 4.90 Å². The van der Waals surface area contributed by atoms with E-state index >= 15 is 0 Å². The predicted octanol–water partition coefficient (Wildman–Crippen LogP) is 5.65. The summed E-state index contributed by atoms with van der Waals surface area (Å²) in [5, 5.41) is 0.608. The molecule has 0 aromatic heterocycles. The van der Waals surface area contributed by atoms with Crippen LogP contribution in [0.3, 0.4) is 0 Å². The van der Waals surface area contributed by atoms with Crippen LogP contribution in [0.5, 0.6) is 5.75 Å². The number of hydrogen-bond acceptors (Lipinski definition) is 3. The number of amides is 1. The molecule has 4 nitrogen and oxygen atoms in total. The fourth-order valence-corrected chi connectivity index (χ4v) is 4.42. The standard InChI is InChI=1S/C21H16Cl2F3NO3/c22-14-9-15-17(28)11-20(30-18(15)16(23)10-14)5-7-27(8-6-20)19(29)12-1-3-13(4-2-12)21(24,25)26/h1-4,9-10H,5-8,11H2. The Bertz CT molecular complexity index is 1010. The van der Waals surface area contributed by atoms with Crippen LogP contribution in [0, 0.1) is 0 Å². The second-order valence-corrected chi connectivity index (χ2v) is 8.36. The van der Waals surface area contributed by atoms with E-state index in [-0.39, 0.29) is 28.7 Å². The molecule has 1 saturated heterocycles. The molecular formula is C21H16Cl2F3NO3. The Hall–Kier alpha value is -2.25. The number of alkyl halides is 3. The fourth-order valence-electron chi connectivity index (χ4n) is 3.89. The van der Waals surface area contributed by atoms with Crippen LogP contribution >= 0.6 is 23.2 Å². The second-order valence-electron chi connectivity index (χ2n) is 7.52. The van der Waals surface area contributed by atoms with Crippen molar-refractivity contribution >= 4 is 34.9 Å². The number of benzene rings is 2. The highest BCUT2D eigenvalue weighted by Gasteiger charge is 2.44. The number of hydrogen-bond donors (Lipinski definition) is 0. The Balaban J connectivity index is 1.47. The SMILES string of the molecule is O=C1CC2(CCN(C(=O)c3ccc(C(F)(F)F)cc3)CC2)Oc2c(Cl)cc(Cl)cc21. The molecule has 0 unspecified atom stereocenters. The number of ketones is 1. The molecule has 1 spiro atoms. The predicted molar refractivity (Wildman–Crippen MR) is 105 cm³/mol. The number of piperidine rings is 1. The van der Waals surface area contributed by atoms with E-state index in [2.05, 4.69) is 0 Å². The van der Waals surface area contributed by atoms with Crippen molar-refractivity contribution in [1.82, 2.24) is 4.90 Å². The number of halogens is 5. The first-order chi connectivity index (χ1) is 14.1. The van der Waals surface area contributed by atoms with E-state index in [9.17, 15) is 22.8 Å². The summed E-state index contributed by atoms with van der Waals surface area (Å²) in [6.07, 6.45) is -3.49. The molecule has 158 valence electrons. The molecule has 2 aliphatic rings. The molecule has 1 fully saturated rings. The van der Waals surface area contributed by atoms with Gasteiger partial charge in [0.05, 0.1) is 22.6 Å².